The summed E-state index contributed by atoms with van der Waals surface area (Å²) < 4.78 is 0. The van der Waals surface area contributed by atoms with Crippen LogP contribution < -0.4 is 9.80 Å². The molecule has 57 heavy (non-hydrogen) atoms. The largest absolute Gasteiger partial charge is 0.311 e. The van der Waals surface area contributed by atoms with Gasteiger partial charge < -0.3 is 9.80 Å². The number of anilines is 6. The molecule has 1 aliphatic carbocycles. The molecule has 1 aliphatic rings. The zero-order chi connectivity index (χ0) is 38.1. The molecule has 1 radical (unpaired) electrons. The summed E-state index contributed by atoms with van der Waals surface area (Å²) in [6.45, 7) is 10.1. The van der Waals surface area contributed by atoms with Gasteiger partial charge in [0.1, 0.15) is 0 Å². The molecule has 9 rings (SSSR count). The van der Waals surface area contributed by atoms with Crippen LogP contribution in [-0.4, -0.2) is 0 Å². The molecule has 0 fully saturated rings. The van der Waals surface area contributed by atoms with E-state index >= 15 is 0 Å². The van der Waals surface area contributed by atoms with E-state index in [4.69, 9.17) is 0 Å². The van der Waals surface area contributed by atoms with Crippen LogP contribution in [0.15, 0.2) is 207 Å². The molecule has 0 saturated heterocycles. The maximum absolute atomic E-state index is 3.96. The van der Waals surface area contributed by atoms with Crippen molar-refractivity contribution >= 4 is 46.3 Å². The van der Waals surface area contributed by atoms with Crippen LogP contribution in [-0.2, 0) is 38.1 Å². The Bertz CT molecular complexity index is 2510. The van der Waals surface area contributed by atoms with Crippen LogP contribution >= 0.6 is 0 Å². The Morgan fingerprint density at radius 3 is 1.30 bits per heavy atom. The Hall–Kier alpha value is -6.06. The minimum atomic E-state index is -0.572. The van der Waals surface area contributed by atoms with Crippen molar-refractivity contribution in [3.8, 4) is 11.1 Å². The summed E-state index contributed by atoms with van der Waals surface area (Å²) in [4.78, 5) is 4.62. The number of hydrogen-bond donors (Lipinski definition) is 0. The molecule has 2 nitrogen and oxygen atoms in total. The van der Waals surface area contributed by atoms with Crippen LogP contribution in [0.3, 0.4) is 0 Å². The van der Waals surface area contributed by atoms with Gasteiger partial charge in [0.25, 0.3) is 0 Å². The first-order valence-electron chi connectivity index (χ1n) is 19.1. The zero-order valence-corrected chi connectivity index (χ0v) is 34.9. The third-order valence-electron chi connectivity index (χ3n) is 11.1. The van der Waals surface area contributed by atoms with Crippen molar-refractivity contribution in [2.24, 2.45) is 0 Å². The Labute approximate surface area is 362 Å². The fraction of sp³-hybridized carbons (Fsp3) is 0.0370. The summed E-state index contributed by atoms with van der Waals surface area (Å²) >= 11 is 0. The van der Waals surface area contributed by atoms with E-state index in [0.29, 0.717) is 0 Å². The zero-order valence-electron chi connectivity index (χ0n) is 32.0. The van der Waals surface area contributed by atoms with E-state index in [1.807, 2.05) is 18.2 Å². The van der Waals surface area contributed by atoms with Crippen molar-refractivity contribution < 1.29 is 32.7 Å². The summed E-state index contributed by atoms with van der Waals surface area (Å²) in [5.41, 5.74) is 16.8. The number of fused-ring (bicyclic) bond motifs is 3. The van der Waals surface area contributed by atoms with Gasteiger partial charge in [0, 0.05) is 72.2 Å². The predicted molar refractivity (Wildman–Crippen MR) is 237 cm³/mol. The van der Waals surface area contributed by atoms with E-state index in [-0.39, 0.29) is 32.7 Å². The van der Waals surface area contributed by atoms with Crippen LogP contribution in [0.2, 0.25) is 0 Å². The van der Waals surface area contributed by atoms with Crippen molar-refractivity contribution in [2.75, 3.05) is 9.80 Å². The van der Waals surface area contributed by atoms with E-state index in [0.717, 1.165) is 45.3 Å². The molecule has 8 aromatic carbocycles. The monoisotopic (exact) mass is 806 g/mol. The minimum absolute atomic E-state index is 0. The van der Waals surface area contributed by atoms with Gasteiger partial charge in [0.05, 0.1) is 0 Å². The van der Waals surface area contributed by atoms with Crippen LogP contribution in [0.25, 0.3) is 23.3 Å². The molecule has 0 spiro atoms. The Morgan fingerprint density at radius 2 is 0.860 bits per heavy atom. The third kappa shape index (κ3) is 6.80. The van der Waals surface area contributed by atoms with Crippen molar-refractivity contribution in [3.63, 3.8) is 0 Å². The molecule has 0 heterocycles. The smallest absolute Gasteiger partial charge is 0.0462 e. The SMILES string of the molecule is C=Cc1ccc(N(c2ccccc2)c2ccc(C3(c4ccc(N(c5ccccc5)c5ccc(C=C)cc5)cc4)c4c[c-]ccc4-c4ccc(C)cc43)cc2)cc1.[Y]. The van der Waals surface area contributed by atoms with Crippen molar-refractivity contribution in [2.45, 2.75) is 12.3 Å². The molecule has 3 heteroatoms. The first-order chi connectivity index (χ1) is 27.6. The fourth-order valence-electron chi connectivity index (χ4n) is 8.40. The average molecular weight is 807 g/mol. The third-order valence-corrected chi connectivity index (χ3v) is 11.1. The molecule has 8 aromatic rings. The Kier molecular flexibility index (Phi) is 10.8. The van der Waals surface area contributed by atoms with Gasteiger partial charge in [-0.3, -0.25) is 0 Å². The molecular formula is C54H41N2Y-. The normalized spacial score (nSPS) is 12.1. The number of aryl methyl sites for hydroxylation is 1. The summed E-state index contributed by atoms with van der Waals surface area (Å²) in [6, 6.07) is 73.4. The molecule has 271 valence electrons. The number of rotatable bonds is 10. The number of nitrogens with zero attached hydrogens (tertiary/aromatic N) is 2. The maximum atomic E-state index is 3.96. The van der Waals surface area contributed by atoms with E-state index < -0.39 is 5.41 Å². The molecule has 0 unspecified atom stereocenters. The molecule has 0 amide bonds. The topological polar surface area (TPSA) is 6.48 Å². The van der Waals surface area contributed by atoms with Gasteiger partial charge in [0.2, 0.25) is 0 Å². The summed E-state index contributed by atoms with van der Waals surface area (Å²) in [5, 5.41) is 0. The Morgan fingerprint density at radius 1 is 0.456 bits per heavy atom. The van der Waals surface area contributed by atoms with Gasteiger partial charge in [-0.05, 0) is 113 Å². The van der Waals surface area contributed by atoms with Crippen molar-refractivity contribution in [1.82, 2.24) is 0 Å². The first-order valence-corrected chi connectivity index (χ1v) is 19.1. The second-order valence-corrected chi connectivity index (χ2v) is 14.3. The van der Waals surface area contributed by atoms with Crippen molar-refractivity contribution in [1.29, 1.82) is 0 Å². The van der Waals surface area contributed by atoms with Gasteiger partial charge in [-0.1, -0.05) is 134 Å². The van der Waals surface area contributed by atoms with E-state index in [1.54, 1.807) is 0 Å². The summed E-state index contributed by atoms with van der Waals surface area (Å²) in [7, 11) is 0. The molecular weight excluding hydrogens is 766 g/mol. The Balaban J connectivity index is 0.00000455. The van der Waals surface area contributed by atoms with Crippen molar-refractivity contribution in [3.05, 3.63) is 252 Å². The number of para-hydroxylation sites is 2. The van der Waals surface area contributed by atoms with E-state index in [1.165, 1.54) is 38.9 Å². The molecule has 0 aromatic heterocycles. The molecule has 0 atom stereocenters. The molecule has 0 saturated carbocycles. The molecule has 0 N–H and O–H groups in total. The quantitative estimate of drug-likeness (QED) is 0.127. The summed E-state index contributed by atoms with van der Waals surface area (Å²) in [6.07, 6.45) is 3.76. The fourth-order valence-corrected chi connectivity index (χ4v) is 8.40. The minimum Gasteiger partial charge on any atom is -0.311 e. The standard InChI is InChI=1S/C54H41N2.Y/c1-4-40-21-29-46(30-22-40)55(44-14-8-6-9-15-44)48-33-25-42(26-34-48)54(52-19-13-12-18-50(52)51-37-20-39(3)38-53(51)54)43-27-35-49(36-28-43)56(45-16-10-7-11-17-45)47-31-23-41(5-2)24-32-47;/h4-12,14-38H,1-2H2,3H3;/q-1;. The predicted octanol–water partition coefficient (Wildman–Crippen LogP) is 14.4. The van der Waals surface area contributed by atoms with Gasteiger partial charge in [0.15, 0.2) is 0 Å². The van der Waals surface area contributed by atoms with E-state index in [2.05, 4.69) is 224 Å². The van der Waals surface area contributed by atoms with Crippen LogP contribution in [0, 0.1) is 13.0 Å². The van der Waals surface area contributed by atoms with Crippen LogP contribution in [0.1, 0.15) is 38.9 Å². The second-order valence-electron chi connectivity index (χ2n) is 14.3. The van der Waals surface area contributed by atoms with Gasteiger partial charge in [-0.25, -0.2) is 0 Å². The van der Waals surface area contributed by atoms with E-state index in [9.17, 15) is 0 Å². The molecule has 0 bridgehead atoms. The second kappa shape index (κ2) is 16.2. The van der Waals surface area contributed by atoms with Gasteiger partial charge in [-0.2, -0.15) is 24.3 Å². The maximum Gasteiger partial charge on any atom is 0.0462 e. The molecule has 0 aliphatic heterocycles. The number of hydrogen-bond acceptors (Lipinski definition) is 2. The van der Waals surface area contributed by atoms with Gasteiger partial charge >= 0.3 is 0 Å². The number of benzene rings is 8. The van der Waals surface area contributed by atoms with Crippen LogP contribution in [0.4, 0.5) is 34.1 Å². The van der Waals surface area contributed by atoms with Gasteiger partial charge in [-0.15, -0.1) is 11.1 Å². The summed E-state index contributed by atoms with van der Waals surface area (Å²) in [5.74, 6) is 0. The van der Waals surface area contributed by atoms with Crippen LogP contribution in [0.5, 0.6) is 0 Å². The first kappa shape index (κ1) is 37.8. The average Bonchev–Trinajstić information content (AvgIpc) is 3.55.